The average Bonchev–Trinajstić information content (AvgIpc) is 2.72. The van der Waals surface area contributed by atoms with Crippen LogP contribution in [0, 0.1) is 0 Å². The van der Waals surface area contributed by atoms with E-state index in [9.17, 15) is 18.0 Å². The maximum atomic E-state index is 11.8. The van der Waals surface area contributed by atoms with Crippen LogP contribution in [-0.4, -0.2) is 37.8 Å². The van der Waals surface area contributed by atoms with Gasteiger partial charge in [0.15, 0.2) is 9.84 Å². The van der Waals surface area contributed by atoms with Gasteiger partial charge in [-0.25, -0.2) is 8.42 Å². The van der Waals surface area contributed by atoms with Crippen molar-refractivity contribution in [2.45, 2.75) is 18.9 Å². The Morgan fingerprint density at radius 1 is 1.18 bits per heavy atom. The second-order valence-electron chi connectivity index (χ2n) is 5.02. The molecule has 0 bridgehead atoms. The van der Waals surface area contributed by atoms with Gasteiger partial charge in [-0.05, 0) is 24.6 Å². The van der Waals surface area contributed by atoms with E-state index in [0.29, 0.717) is 22.2 Å². The summed E-state index contributed by atoms with van der Waals surface area (Å²) in [7, 11) is -3.07. The van der Waals surface area contributed by atoms with Crippen molar-refractivity contribution in [2.75, 3.05) is 16.8 Å². The normalized spacial score (nSPS) is 19.6. The number of sulfone groups is 1. The molecule has 0 aliphatic carbocycles. The van der Waals surface area contributed by atoms with Gasteiger partial charge in [0.25, 0.3) is 0 Å². The number of hydrogen-bond acceptors (Lipinski definition) is 4. The first-order valence-electron chi connectivity index (χ1n) is 6.50. The summed E-state index contributed by atoms with van der Waals surface area (Å²) in [5.41, 5.74) is 0.427. The van der Waals surface area contributed by atoms with Crippen LogP contribution in [0.1, 0.15) is 12.8 Å². The molecular formula is C13H14Cl2N2O4S. The molecule has 6 nitrogen and oxygen atoms in total. The van der Waals surface area contributed by atoms with E-state index in [1.807, 2.05) is 0 Å². The minimum Gasteiger partial charge on any atom is -0.352 e. The largest absolute Gasteiger partial charge is 0.352 e. The number of halogens is 2. The van der Waals surface area contributed by atoms with Crippen molar-refractivity contribution in [3.05, 3.63) is 28.2 Å². The molecule has 0 radical (unpaired) electrons. The maximum Gasteiger partial charge on any atom is 0.233 e. The fourth-order valence-corrected chi connectivity index (χ4v) is 4.08. The summed E-state index contributed by atoms with van der Waals surface area (Å²) in [5, 5.41) is 5.72. The standard InChI is InChI=1S/C13H14Cl2N2O4S/c14-10-2-1-8(5-11(10)15)16-12(18)6-13(19)17-9-3-4-22(20,21)7-9/h1-2,5,9H,3-4,6-7H2,(H,16,18)(H,17,19). The Hall–Kier alpha value is -1.31. The monoisotopic (exact) mass is 364 g/mol. The molecule has 1 heterocycles. The number of nitrogens with one attached hydrogen (secondary N) is 2. The van der Waals surface area contributed by atoms with Crippen molar-refractivity contribution in [3.63, 3.8) is 0 Å². The summed E-state index contributed by atoms with van der Waals surface area (Å²) < 4.78 is 22.6. The SMILES string of the molecule is O=C(CC(=O)NC1CCS(=O)(=O)C1)Nc1ccc(Cl)c(Cl)c1. The molecule has 22 heavy (non-hydrogen) atoms. The summed E-state index contributed by atoms with van der Waals surface area (Å²) >= 11 is 11.6. The van der Waals surface area contributed by atoms with E-state index >= 15 is 0 Å². The third kappa shape index (κ3) is 4.86. The van der Waals surface area contributed by atoms with Crippen LogP contribution in [0.3, 0.4) is 0 Å². The zero-order valence-electron chi connectivity index (χ0n) is 11.4. The number of carbonyl (C=O) groups excluding carboxylic acids is 2. The highest BCUT2D eigenvalue weighted by Crippen LogP contribution is 2.25. The number of hydrogen-bond donors (Lipinski definition) is 2. The summed E-state index contributed by atoms with van der Waals surface area (Å²) in [4.78, 5) is 23.5. The zero-order chi connectivity index (χ0) is 16.3. The molecule has 120 valence electrons. The topological polar surface area (TPSA) is 92.3 Å². The Balaban J connectivity index is 1.84. The van der Waals surface area contributed by atoms with Gasteiger partial charge in [0.05, 0.1) is 21.6 Å². The lowest BCUT2D eigenvalue weighted by Crippen LogP contribution is -2.37. The zero-order valence-corrected chi connectivity index (χ0v) is 13.8. The smallest absolute Gasteiger partial charge is 0.233 e. The minimum atomic E-state index is -3.07. The molecule has 1 unspecified atom stereocenters. The van der Waals surface area contributed by atoms with Gasteiger partial charge in [-0.1, -0.05) is 23.2 Å². The van der Waals surface area contributed by atoms with Crippen LogP contribution in [0.15, 0.2) is 18.2 Å². The van der Waals surface area contributed by atoms with Crippen molar-refractivity contribution >= 4 is 50.5 Å². The second-order valence-corrected chi connectivity index (χ2v) is 8.06. The first kappa shape index (κ1) is 17.1. The van der Waals surface area contributed by atoms with E-state index in [1.54, 1.807) is 6.07 Å². The van der Waals surface area contributed by atoms with Crippen molar-refractivity contribution in [3.8, 4) is 0 Å². The number of anilines is 1. The van der Waals surface area contributed by atoms with Crippen LogP contribution in [0.25, 0.3) is 0 Å². The van der Waals surface area contributed by atoms with Gasteiger partial charge in [-0.15, -0.1) is 0 Å². The van der Waals surface area contributed by atoms with E-state index in [-0.39, 0.29) is 11.5 Å². The van der Waals surface area contributed by atoms with Crippen molar-refractivity contribution in [2.24, 2.45) is 0 Å². The molecule has 1 aromatic carbocycles. The Kier molecular flexibility index (Phi) is 5.31. The van der Waals surface area contributed by atoms with Crippen LogP contribution in [0.4, 0.5) is 5.69 Å². The van der Waals surface area contributed by atoms with Gasteiger partial charge < -0.3 is 10.6 Å². The first-order chi connectivity index (χ1) is 10.2. The van der Waals surface area contributed by atoms with Crippen molar-refractivity contribution in [1.29, 1.82) is 0 Å². The third-order valence-electron chi connectivity index (χ3n) is 3.12. The third-order valence-corrected chi connectivity index (χ3v) is 5.63. The molecule has 0 aromatic heterocycles. The van der Waals surface area contributed by atoms with Gasteiger partial charge in [0, 0.05) is 11.7 Å². The molecule has 0 spiro atoms. The molecule has 1 fully saturated rings. The lowest BCUT2D eigenvalue weighted by Gasteiger charge is -2.11. The highest BCUT2D eigenvalue weighted by Gasteiger charge is 2.29. The molecule has 2 amide bonds. The number of amides is 2. The van der Waals surface area contributed by atoms with Gasteiger partial charge in [-0.2, -0.15) is 0 Å². The maximum absolute atomic E-state index is 11.8. The molecule has 1 aliphatic heterocycles. The Labute approximate surface area is 138 Å². The highest BCUT2D eigenvalue weighted by molar-refractivity contribution is 7.91. The molecule has 0 saturated carbocycles. The van der Waals surface area contributed by atoms with Gasteiger partial charge in [0.2, 0.25) is 11.8 Å². The van der Waals surface area contributed by atoms with E-state index in [1.165, 1.54) is 12.1 Å². The molecule has 2 N–H and O–H groups in total. The summed E-state index contributed by atoms with van der Waals surface area (Å²) in [6.07, 6.45) is -0.0146. The molecule has 1 atom stereocenters. The Morgan fingerprint density at radius 2 is 1.91 bits per heavy atom. The summed E-state index contributed by atoms with van der Waals surface area (Å²) in [5.74, 6) is -1.04. The second kappa shape index (κ2) is 6.85. The van der Waals surface area contributed by atoms with E-state index in [0.717, 1.165) is 0 Å². The molecule has 1 aromatic rings. The quantitative estimate of drug-likeness (QED) is 0.794. The summed E-state index contributed by atoms with van der Waals surface area (Å²) in [6, 6.07) is 4.15. The summed E-state index contributed by atoms with van der Waals surface area (Å²) in [6.45, 7) is 0. The molecule has 1 saturated heterocycles. The van der Waals surface area contributed by atoms with Crippen LogP contribution in [-0.2, 0) is 19.4 Å². The predicted octanol–water partition coefficient (Wildman–Crippen LogP) is 1.63. The number of rotatable bonds is 4. The molecular weight excluding hydrogens is 351 g/mol. The van der Waals surface area contributed by atoms with E-state index in [2.05, 4.69) is 10.6 Å². The van der Waals surface area contributed by atoms with Crippen LogP contribution < -0.4 is 10.6 Å². The minimum absolute atomic E-state index is 0.0629. The lowest BCUT2D eigenvalue weighted by molar-refractivity contribution is -0.127. The lowest BCUT2D eigenvalue weighted by atomic mass is 10.2. The average molecular weight is 365 g/mol. The molecule has 2 rings (SSSR count). The molecule has 9 heteroatoms. The Morgan fingerprint density at radius 3 is 2.50 bits per heavy atom. The van der Waals surface area contributed by atoms with Crippen LogP contribution in [0.5, 0.6) is 0 Å². The number of carbonyl (C=O) groups is 2. The number of benzene rings is 1. The van der Waals surface area contributed by atoms with Gasteiger partial charge in [0.1, 0.15) is 6.42 Å². The van der Waals surface area contributed by atoms with Crippen molar-refractivity contribution < 1.29 is 18.0 Å². The van der Waals surface area contributed by atoms with E-state index < -0.39 is 34.1 Å². The van der Waals surface area contributed by atoms with Gasteiger partial charge in [-0.3, -0.25) is 9.59 Å². The van der Waals surface area contributed by atoms with E-state index in [4.69, 9.17) is 23.2 Å². The first-order valence-corrected chi connectivity index (χ1v) is 9.07. The fourth-order valence-electron chi connectivity index (χ4n) is 2.11. The van der Waals surface area contributed by atoms with Gasteiger partial charge >= 0.3 is 0 Å². The van der Waals surface area contributed by atoms with Crippen LogP contribution >= 0.6 is 23.2 Å². The predicted molar refractivity (Wildman–Crippen MR) is 84.9 cm³/mol. The Bertz CT molecular complexity index is 706. The highest BCUT2D eigenvalue weighted by atomic mass is 35.5. The fraction of sp³-hybridized carbons (Fsp3) is 0.385. The van der Waals surface area contributed by atoms with Crippen LogP contribution in [0.2, 0.25) is 10.0 Å². The van der Waals surface area contributed by atoms with Crippen molar-refractivity contribution in [1.82, 2.24) is 5.32 Å². The molecule has 1 aliphatic rings.